The molecule has 1 aliphatic rings. The Hall–Kier alpha value is -1.22. The van der Waals surface area contributed by atoms with Gasteiger partial charge in [-0.05, 0) is 44.9 Å². The minimum absolute atomic E-state index is 0.250. The number of hydrogen-bond donors (Lipinski definition) is 9. The second kappa shape index (κ2) is 34.4. The fourth-order valence-corrected chi connectivity index (χ4v) is 8.20. The van der Waals surface area contributed by atoms with Gasteiger partial charge in [0.25, 0.3) is 0 Å². The molecule has 1 aliphatic carbocycles. The van der Waals surface area contributed by atoms with Crippen molar-refractivity contribution in [1.29, 1.82) is 0 Å². The summed E-state index contributed by atoms with van der Waals surface area (Å²) in [5, 5.41) is 74.1. The van der Waals surface area contributed by atoms with Crippen molar-refractivity contribution in [3.05, 3.63) is 24.3 Å². The van der Waals surface area contributed by atoms with Crippen LogP contribution in [0.1, 0.15) is 187 Å². The lowest BCUT2D eigenvalue weighted by atomic mass is 9.85. The number of aliphatic hydroxyl groups excluding tert-OH is 7. The van der Waals surface area contributed by atoms with E-state index in [2.05, 4.69) is 31.3 Å². The molecule has 14 heteroatoms. The van der Waals surface area contributed by atoms with E-state index in [4.69, 9.17) is 9.05 Å². The van der Waals surface area contributed by atoms with Gasteiger partial charge in [-0.25, -0.2) is 4.57 Å². The molecule has 0 bridgehead atoms. The van der Waals surface area contributed by atoms with Gasteiger partial charge in [0.2, 0.25) is 5.91 Å². The molecule has 0 saturated heterocycles. The minimum atomic E-state index is -5.13. The molecule has 58 heavy (non-hydrogen) atoms. The van der Waals surface area contributed by atoms with Crippen molar-refractivity contribution in [2.45, 2.75) is 242 Å². The van der Waals surface area contributed by atoms with Crippen LogP contribution >= 0.6 is 7.82 Å². The van der Waals surface area contributed by atoms with Crippen LogP contribution in [-0.2, 0) is 18.4 Å². The van der Waals surface area contributed by atoms with Crippen LogP contribution in [0.15, 0.2) is 24.3 Å². The van der Waals surface area contributed by atoms with Crippen LogP contribution in [0.4, 0.5) is 0 Å². The van der Waals surface area contributed by atoms with Crippen LogP contribution in [0.2, 0.25) is 0 Å². The zero-order chi connectivity index (χ0) is 43.0. The monoisotopic (exact) mass is 850 g/mol. The summed E-state index contributed by atoms with van der Waals surface area (Å²) >= 11 is 0. The number of unbranched alkanes of at least 4 members (excludes halogenated alkanes) is 22. The van der Waals surface area contributed by atoms with Gasteiger partial charge in [-0.1, -0.05) is 160 Å². The Morgan fingerprint density at radius 1 is 0.603 bits per heavy atom. The molecule has 8 unspecified atom stereocenters. The van der Waals surface area contributed by atoms with Gasteiger partial charge in [-0.3, -0.25) is 13.8 Å². The fraction of sp³-hybridized carbons (Fsp3) is 0.886. The lowest BCUT2D eigenvalue weighted by Crippen LogP contribution is -2.64. The standard InChI is InChI=1S/C44H84NO12P/c1-3-5-7-9-11-13-14-15-16-17-18-19-20-21-22-23-24-25-27-29-31-35(46)33-38(48)45-36(37(47)32-30-28-26-12-10-8-6-4-2)34-56-58(54,55)57-44-42(52)40(50)39(49)41(51)43(44)53/h20-21,30,32,35-37,39-44,46-47,49-53H,3-19,22-29,31,33-34H2,1-2H3,(H,45,48)(H,54,55)/b21-20-,32-30+. The van der Waals surface area contributed by atoms with Crippen molar-refractivity contribution in [2.24, 2.45) is 0 Å². The molecular weight excluding hydrogens is 765 g/mol. The highest BCUT2D eigenvalue weighted by Crippen LogP contribution is 2.47. The highest BCUT2D eigenvalue weighted by molar-refractivity contribution is 7.47. The van der Waals surface area contributed by atoms with Crippen molar-refractivity contribution in [2.75, 3.05) is 6.61 Å². The maximum absolute atomic E-state index is 12.9. The Kier molecular flexibility index (Phi) is 32.5. The van der Waals surface area contributed by atoms with Crippen LogP contribution in [0, 0.1) is 0 Å². The summed E-state index contributed by atoms with van der Waals surface area (Å²) in [5.41, 5.74) is 0. The number of phosphoric ester groups is 1. The Morgan fingerprint density at radius 3 is 1.47 bits per heavy atom. The lowest BCUT2D eigenvalue weighted by Gasteiger charge is -2.41. The predicted octanol–water partition coefficient (Wildman–Crippen LogP) is 7.20. The molecule has 9 N–H and O–H groups in total. The van der Waals surface area contributed by atoms with E-state index in [0.29, 0.717) is 12.8 Å². The number of amides is 1. The Balaban J connectivity index is 2.44. The summed E-state index contributed by atoms with van der Waals surface area (Å²) in [7, 11) is -5.13. The van der Waals surface area contributed by atoms with Crippen molar-refractivity contribution in [3.8, 4) is 0 Å². The molecule has 13 nitrogen and oxygen atoms in total. The molecule has 0 spiro atoms. The second-order valence-corrected chi connectivity index (χ2v) is 17.8. The van der Waals surface area contributed by atoms with Gasteiger partial charge in [-0.2, -0.15) is 0 Å². The molecule has 1 saturated carbocycles. The number of phosphoric acid groups is 1. The summed E-state index contributed by atoms with van der Waals surface area (Å²) in [6, 6.07) is -1.24. The first-order valence-corrected chi connectivity index (χ1v) is 24.4. The van der Waals surface area contributed by atoms with Gasteiger partial charge in [0.15, 0.2) is 0 Å². The van der Waals surface area contributed by atoms with Crippen LogP contribution in [0.25, 0.3) is 0 Å². The van der Waals surface area contributed by atoms with Gasteiger partial charge in [0.1, 0.15) is 36.6 Å². The van der Waals surface area contributed by atoms with E-state index < -0.39 is 75.2 Å². The predicted molar refractivity (Wildman–Crippen MR) is 229 cm³/mol. The first-order valence-electron chi connectivity index (χ1n) is 22.9. The van der Waals surface area contributed by atoms with E-state index >= 15 is 0 Å². The third-order valence-electron chi connectivity index (χ3n) is 11.0. The number of rotatable bonds is 37. The quantitative estimate of drug-likeness (QED) is 0.0172. The Bertz CT molecular complexity index is 1100. The first kappa shape index (κ1) is 54.8. The van der Waals surface area contributed by atoms with Gasteiger partial charge in [0.05, 0.1) is 31.3 Å². The lowest BCUT2D eigenvalue weighted by molar-refractivity contribution is -0.220. The average molecular weight is 850 g/mol. The number of aliphatic hydroxyl groups is 7. The van der Waals surface area contributed by atoms with Crippen LogP contribution < -0.4 is 5.32 Å². The van der Waals surface area contributed by atoms with Crippen LogP contribution in [0.3, 0.4) is 0 Å². The van der Waals surface area contributed by atoms with E-state index in [-0.39, 0.29) is 6.42 Å². The SMILES string of the molecule is CCCCCCCC/C=C/C(O)C(COP(=O)(O)OC1C(O)C(O)C(O)C(O)C1O)NC(=O)CC(O)CCCCCCC/C=C\CCCCCCCCCCCCC. The Morgan fingerprint density at radius 2 is 1.00 bits per heavy atom. The van der Waals surface area contributed by atoms with Crippen molar-refractivity contribution in [3.63, 3.8) is 0 Å². The Labute approximate surface area is 350 Å². The van der Waals surface area contributed by atoms with Gasteiger partial charge < -0.3 is 46.0 Å². The molecule has 0 aromatic carbocycles. The molecule has 0 aromatic heterocycles. The van der Waals surface area contributed by atoms with Gasteiger partial charge in [0, 0.05) is 0 Å². The highest BCUT2D eigenvalue weighted by atomic mass is 31.2. The van der Waals surface area contributed by atoms with Gasteiger partial charge >= 0.3 is 7.82 Å². The number of carbonyl (C=O) groups excluding carboxylic acids is 1. The molecule has 0 radical (unpaired) electrons. The second-order valence-electron chi connectivity index (χ2n) is 16.4. The molecular formula is C44H84NO12P. The molecule has 1 rings (SSSR count). The summed E-state index contributed by atoms with van der Waals surface area (Å²) in [6.45, 7) is 3.67. The first-order chi connectivity index (χ1) is 27.8. The fourth-order valence-electron chi connectivity index (χ4n) is 7.23. The third kappa shape index (κ3) is 26.2. The third-order valence-corrected chi connectivity index (χ3v) is 12.0. The molecule has 342 valence electrons. The van der Waals surface area contributed by atoms with E-state index in [1.54, 1.807) is 6.08 Å². The van der Waals surface area contributed by atoms with Crippen LogP contribution in [-0.4, -0.2) is 108 Å². The maximum Gasteiger partial charge on any atom is 0.472 e. The molecule has 1 amide bonds. The zero-order valence-electron chi connectivity index (χ0n) is 36.0. The van der Waals surface area contributed by atoms with Crippen molar-refractivity contribution >= 4 is 13.7 Å². The largest absolute Gasteiger partial charge is 0.472 e. The van der Waals surface area contributed by atoms with Gasteiger partial charge in [-0.15, -0.1) is 0 Å². The molecule has 8 atom stereocenters. The summed E-state index contributed by atoms with van der Waals surface area (Å²) in [5.74, 6) is -0.600. The average Bonchev–Trinajstić information content (AvgIpc) is 3.19. The van der Waals surface area contributed by atoms with E-state index in [1.165, 1.54) is 83.1 Å². The van der Waals surface area contributed by atoms with Crippen molar-refractivity contribution in [1.82, 2.24) is 5.32 Å². The molecule has 0 aromatic rings. The van der Waals surface area contributed by atoms with E-state index in [0.717, 1.165) is 77.0 Å². The summed E-state index contributed by atoms with van der Waals surface area (Å²) in [6.07, 6.45) is 23.1. The number of nitrogens with one attached hydrogen (secondary N) is 1. The zero-order valence-corrected chi connectivity index (χ0v) is 36.9. The van der Waals surface area contributed by atoms with Crippen molar-refractivity contribution < 1.29 is 59.0 Å². The number of allylic oxidation sites excluding steroid dienone is 3. The minimum Gasteiger partial charge on any atom is -0.393 e. The summed E-state index contributed by atoms with van der Waals surface area (Å²) in [4.78, 5) is 23.3. The van der Waals surface area contributed by atoms with Crippen LogP contribution in [0.5, 0.6) is 0 Å². The normalized spacial score (nSPS) is 24.0. The smallest absolute Gasteiger partial charge is 0.393 e. The maximum atomic E-state index is 12.9. The number of hydrogen-bond acceptors (Lipinski definition) is 11. The molecule has 0 aliphatic heterocycles. The molecule has 0 heterocycles. The number of carbonyl (C=O) groups is 1. The van der Waals surface area contributed by atoms with E-state index in [1.807, 2.05) is 0 Å². The topological polar surface area (TPSA) is 226 Å². The highest BCUT2D eigenvalue weighted by Gasteiger charge is 2.51. The van der Waals surface area contributed by atoms with E-state index in [9.17, 15) is 50.0 Å². The summed E-state index contributed by atoms with van der Waals surface area (Å²) < 4.78 is 22.7. The molecule has 1 fully saturated rings.